The van der Waals surface area contributed by atoms with E-state index in [4.69, 9.17) is 5.26 Å². The molecule has 0 radical (unpaired) electrons. The third kappa shape index (κ3) is 4.58. The molecule has 1 aliphatic rings. The zero-order valence-electron chi connectivity index (χ0n) is 15.0. The number of hydrogen-bond donors (Lipinski definition) is 0. The maximum Gasteiger partial charge on any atom is 0.236 e. The van der Waals surface area contributed by atoms with Crippen LogP contribution < -0.4 is 4.90 Å². The Labute approximate surface area is 154 Å². The van der Waals surface area contributed by atoms with Crippen molar-refractivity contribution in [2.75, 3.05) is 44.7 Å². The average molecular weight is 349 g/mol. The summed E-state index contributed by atoms with van der Waals surface area (Å²) < 4.78 is 0. The van der Waals surface area contributed by atoms with E-state index < -0.39 is 0 Å². The summed E-state index contributed by atoms with van der Waals surface area (Å²) in [6.45, 7) is 4.06. The molecular weight excluding hydrogens is 326 g/mol. The highest BCUT2D eigenvalue weighted by Crippen LogP contribution is 2.13. The monoisotopic (exact) mass is 349 g/mol. The second-order valence-corrected chi connectivity index (χ2v) is 6.54. The number of rotatable bonds is 5. The zero-order chi connectivity index (χ0) is 18.4. The van der Waals surface area contributed by atoms with E-state index in [0.717, 1.165) is 24.5 Å². The Morgan fingerprint density at radius 1 is 1.19 bits per heavy atom. The molecule has 1 saturated heterocycles. The summed E-state index contributed by atoms with van der Waals surface area (Å²) in [5.74, 6) is 1.11. The lowest BCUT2D eigenvalue weighted by Crippen LogP contribution is -2.51. The molecule has 1 aliphatic heterocycles. The molecule has 1 aromatic heterocycles. The van der Waals surface area contributed by atoms with Crippen LogP contribution in [0.4, 0.5) is 5.82 Å². The first-order chi connectivity index (χ1) is 12.7. The van der Waals surface area contributed by atoms with Crippen LogP contribution in [-0.4, -0.2) is 60.5 Å². The third-order valence-electron chi connectivity index (χ3n) is 4.52. The van der Waals surface area contributed by atoms with Crippen molar-refractivity contribution in [3.63, 3.8) is 0 Å². The number of anilines is 1. The molecule has 0 saturated carbocycles. The summed E-state index contributed by atoms with van der Waals surface area (Å²) in [5, 5.41) is 8.98. The minimum absolute atomic E-state index is 0.143. The lowest BCUT2D eigenvalue weighted by atomic mass is 10.1. The summed E-state index contributed by atoms with van der Waals surface area (Å²) in [6, 6.07) is 15.5. The highest BCUT2D eigenvalue weighted by molar-refractivity contribution is 5.78. The molecule has 3 rings (SSSR count). The highest BCUT2D eigenvalue weighted by atomic mass is 16.2. The maximum absolute atomic E-state index is 12.6. The summed E-state index contributed by atoms with van der Waals surface area (Å²) >= 11 is 0. The Hall–Kier alpha value is -2.91. The van der Waals surface area contributed by atoms with E-state index in [1.807, 2.05) is 53.2 Å². The van der Waals surface area contributed by atoms with Gasteiger partial charge in [0.15, 0.2) is 0 Å². The molecule has 2 aromatic rings. The molecule has 6 nitrogen and oxygen atoms in total. The lowest BCUT2D eigenvalue weighted by molar-refractivity contribution is -0.132. The number of aromatic nitrogens is 1. The second-order valence-electron chi connectivity index (χ2n) is 6.54. The number of likely N-dealkylation sites (N-methyl/N-ethyl adjacent to an activating group) is 1. The van der Waals surface area contributed by atoms with Crippen LogP contribution in [0, 0.1) is 11.3 Å². The molecule has 0 bridgehead atoms. The third-order valence-corrected chi connectivity index (χ3v) is 4.52. The molecular formula is C20H23N5O. The zero-order valence-corrected chi connectivity index (χ0v) is 15.0. The molecule has 0 spiro atoms. The molecule has 1 fully saturated rings. The standard InChI is InChI=1S/C20H23N5O/c1-23(15-18-6-4-5-17(13-18)14-21)16-20(26)25-11-9-24(10-12-25)19-7-2-3-8-22-19/h2-8,13H,9-12,15-16H2,1H3. The first-order valence-electron chi connectivity index (χ1n) is 8.77. The summed E-state index contributed by atoms with van der Waals surface area (Å²) in [4.78, 5) is 23.1. The molecule has 1 aromatic carbocycles. The lowest BCUT2D eigenvalue weighted by Gasteiger charge is -2.36. The molecule has 0 atom stereocenters. The number of nitriles is 1. The Balaban J connectivity index is 1.48. The fourth-order valence-corrected chi connectivity index (χ4v) is 3.16. The largest absolute Gasteiger partial charge is 0.353 e. The van der Waals surface area contributed by atoms with Crippen molar-refractivity contribution in [2.45, 2.75) is 6.54 Å². The van der Waals surface area contributed by atoms with Crippen molar-refractivity contribution >= 4 is 11.7 Å². The van der Waals surface area contributed by atoms with Gasteiger partial charge in [-0.15, -0.1) is 0 Å². The van der Waals surface area contributed by atoms with Gasteiger partial charge in [0.2, 0.25) is 5.91 Å². The quantitative estimate of drug-likeness (QED) is 0.823. The van der Waals surface area contributed by atoms with Crippen LogP contribution in [0.25, 0.3) is 0 Å². The van der Waals surface area contributed by atoms with Crippen LogP contribution in [-0.2, 0) is 11.3 Å². The van der Waals surface area contributed by atoms with Crippen LogP contribution >= 0.6 is 0 Å². The highest BCUT2D eigenvalue weighted by Gasteiger charge is 2.22. The van der Waals surface area contributed by atoms with E-state index in [9.17, 15) is 4.79 Å². The number of nitrogens with zero attached hydrogens (tertiary/aromatic N) is 5. The maximum atomic E-state index is 12.6. The fourth-order valence-electron chi connectivity index (χ4n) is 3.16. The number of carbonyl (C=O) groups is 1. The van der Waals surface area contributed by atoms with E-state index in [1.165, 1.54) is 0 Å². The fraction of sp³-hybridized carbons (Fsp3) is 0.350. The second kappa shape index (κ2) is 8.45. The molecule has 0 unspecified atom stereocenters. The van der Waals surface area contributed by atoms with Crippen molar-refractivity contribution in [3.05, 3.63) is 59.8 Å². The average Bonchev–Trinajstić information content (AvgIpc) is 2.69. The predicted molar refractivity (Wildman–Crippen MR) is 101 cm³/mol. The number of benzene rings is 1. The van der Waals surface area contributed by atoms with Crippen LogP contribution in [0.2, 0.25) is 0 Å². The molecule has 26 heavy (non-hydrogen) atoms. The Kier molecular flexibility index (Phi) is 5.82. The van der Waals surface area contributed by atoms with Gasteiger partial charge in [-0.2, -0.15) is 5.26 Å². The van der Waals surface area contributed by atoms with Gasteiger partial charge in [0, 0.05) is 38.9 Å². The first-order valence-corrected chi connectivity index (χ1v) is 8.77. The van der Waals surface area contributed by atoms with Crippen LogP contribution in [0.1, 0.15) is 11.1 Å². The summed E-state index contributed by atoms with van der Waals surface area (Å²) in [7, 11) is 1.93. The molecule has 134 valence electrons. The van der Waals surface area contributed by atoms with Crippen LogP contribution in [0.3, 0.4) is 0 Å². The van der Waals surface area contributed by atoms with E-state index in [-0.39, 0.29) is 5.91 Å². The minimum atomic E-state index is 0.143. The topological polar surface area (TPSA) is 63.5 Å². The van der Waals surface area contributed by atoms with Gasteiger partial charge >= 0.3 is 0 Å². The number of amides is 1. The molecule has 6 heteroatoms. The van der Waals surface area contributed by atoms with Gasteiger partial charge in [-0.3, -0.25) is 9.69 Å². The Morgan fingerprint density at radius 2 is 2.00 bits per heavy atom. The number of piperazine rings is 1. The minimum Gasteiger partial charge on any atom is -0.353 e. The Morgan fingerprint density at radius 3 is 2.69 bits per heavy atom. The van der Waals surface area contributed by atoms with Crippen molar-refractivity contribution in [3.8, 4) is 6.07 Å². The number of carbonyl (C=O) groups excluding carboxylic acids is 1. The van der Waals surface area contributed by atoms with Gasteiger partial charge in [0.1, 0.15) is 5.82 Å². The predicted octanol–water partition coefficient (Wildman–Crippen LogP) is 1.73. The van der Waals surface area contributed by atoms with E-state index in [2.05, 4.69) is 16.0 Å². The number of pyridine rings is 1. The molecule has 1 amide bonds. The van der Waals surface area contributed by atoms with Gasteiger partial charge in [-0.05, 0) is 36.9 Å². The first kappa shape index (κ1) is 17.9. The van der Waals surface area contributed by atoms with Crippen LogP contribution in [0.5, 0.6) is 0 Å². The van der Waals surface area contributed by atoms with Crippen molar-refractivity contribution < 1.29 is 4.79 Å². The van der Waals surface area contributed by atoms with Crippen molar-refractivity contribution in [1.29, 1.82) is 5.26 Å². The van der Waals surface area contributed by atoms with Crippen molar-refractivity contribution in [2.24, 2.45) is 0 Å². The molecule has 0 N–H and O–H groups in total. The van der Waals surface area contributed by atoms with Gasteiger partial charge in [0.05, 0.1) is 18.2 Å². The van der Waals surface area contributed by atoms with Gasteiger partial charge in [-0.1, -0.05) is 18.2 Å². The van der Waals surface area contributed by atoms with Crippen LogP contribution in [0.15, 0.2) is 48.7 Å². The van der Waals surface area contributed by atoms with E-state index >= 15 is 0 Å². The normalized spacial score (nSPS) is 14.3. The number of hydrogen-bond acceptors (Lipinski definition) is 5. The van der Waals surface area contributed by atoms with Gasteiger partial charge in [0.25, 0.3) is 0 Å². The van der Waals surface area contributed by atoms with Gasteiger partial charge < -0.3 is 9.80 Å². The summed E-state index contributed by atoms with van der Waals surface area (Å²) in [6.07, 6.45) is 1.79. The van der Waals surface area contributed by atoms with Crippen molar-refractivity contribution in [1.82, 2.24) is 14.8 Å². The Bertz CT molecular complexity index is 778. The van der Waals surface area contributed by atoms with Gasteiger partial charge in [-0.25, -0.2) is 4.98 Å². The molecule has 2 heterocycles. The van der Waals surface area contributed by atoms with E-state index in [1.54, 1.807) is 12.3 Å². The molecule has 0 aliphatic carbocycles. The van der Waals surface area contributed by atoms with E-state index in [0.29, 0.717) is 31.7 Å². The smallest absolute Gasteiger partial charge is 0.236 e. The SMILES string of the molecule is CN(CC(=O)N1CCN(c2ccccn2)CC1)Cc1cccc(C#N)c1. The summed E-state index contributed by atoms with van der Waals surface area (Å²) in [5.41, 5.74) is 1.69.